The molecule has 0 saturated carbocycles. The van der Waals surface area contributed by atoms with Gasteiger partial charge in [0.15, 0.2) is 0 Å². The summed E-state index contributed by atoms with van der Waals surface area (Å²) in [6.45, 7) is 2.11. The first-order valence-corrected chi connectivity index (χ1v) is 6.79. The first kappa shape index (κ1) is 14.0. The van der Waals surface area contributed by atoms with Crippen molar-refractivity contribution in [3.8, 4) is 0 Å². The number of thiocarbonyl (C=S) groups is 1. The van der Waals surface area contributed by atoms with Gasteiger partial charge in [-0.1, -0.05) is 34.2 Å². The van der Waals surface area contributed by atoms with Crippen molar-refractivity contribution in [1.82, 2.24) is 5.01 Å². The van der Waals surface area contributed by atoms with E-state index in [-0.39, 0.29) is 18.2 Å². The number of rotatable bonds is 2. The van der Waals surface area contributed by atoms with E-state index in [9.17, 15) is 4.79 Å². The predicted octanol–water partition coefficient (Wildman–Crippen LogP) is 2.93. The van der Waals surface area contributed by atoms with Crippen molar-refractivity contribution >= 4 is 45.1 Å². The van der Waals surface area contributed by atoms with Gasteiger partial charge in [0, 0.05) is 10.0 Å². The minimum atomic E-state index is -0.594. The molecule has 1 aromatic carbocycles. The number of hydrogen-bond acceptors (Lipinski definition) is 5. The number of carbonyl (C=O) groups excluding carboxylic acids is 1. The SMILES string of the molecule is CCOC(=O)N1N=C(c2cccc(Br)c2)OCC1=S. The monoisotopic (exact) mass is 342 g/mol. The molecule has 0 fully saturated rings. The van der Waals surface area contributed by atoms with Crippen LogP contribution in [-0.4, -0.2) is 35.2 Å². The smallest absolute Gasteiger partial charge is 0.435 e. The highest BCUT2D eigenvalue weighted by Gasteiger charge is 2.26. The third-order valence-electron chi connectivity index (χ3n) is 2.27. The van der Waals surface area contributed by atoms with Gasteiger partial charge in [0.1, 0.15) is 11.6 Å². The molecule has 1 aromatic rings. The summed E-state index contributed by atoms with van der Waals surface area (Å²) in [4.78, 5) is 12.0. The number of halogens is 1. The van der Waals surface area contributed by atoms with E-state index in [0.717, 1.165) is 15.0 Å². The summed E-state index contributed by atoms with van der Waals surface area (Å²) >= 11 is 8.40. The van der Waals surface area contributed by atoms with E-state index in [1.54, 1.807) is 6.92 Å². The molecule has 0 radical (unpaired) electrons. The maximum atomic E-state index is 11.7. The molecule has 0 aliphatic carbocycles. The van der Waals surface area contributed by atoms with Gasteiger partial charge in [-0.2, -0.15) is 5.01 Å². The van der Waals surface area contributed by atoms with Gasteiger partial charge in [-0.05, 0) is 25.1 Å². The van der Waals surface area contributed by atoms with Gasteiger partial charge in [-0.3, -0.25) is 0 Å². The van der Waals surface area contributed by atoms with Crippen molar-refractivity contribution in [1.29, 1.82) is 0 Å². The average Bonchev–Trinajstić information content (AvgIpc) is 2.39. The van der Waals surface area contributed by atoms with Gasteiger partial charge in [-0.15, -0.1) is 5.10 Å². The van der Waals surface area contributed by atoms with Crippen LogP contribution >= 0.6 is 28.1 Å². The summed E-state index contributed by atoms with van der Waals surface area (Å²) < 4.78 is 11.2. The molecule has 1 heterocycles. The molecule has 0 bridgehead atoms. The Kier molecular flexibility index (Phi) is 4.49. The van der Waals surface area contributed by atoms with E-state index in [1.165, 1.54) is 0 Å². The Morgan fingerprint density at radius 1 is 1.63 bits per heavy atom. The Bertz CT molecular complexity index is 548. The van der Waals surface area contributed by atoms with Crippen molar-refractivity contribution in [3.05, 3.63) is 34.3 Å². The van der Waals surface area contributed by atoms with Crippen LogP contribution in [0.25, 0.3) is 0 Å². The minimum Gasteiger partial charge on any atom is -0.469 e. The number of benzene rings is 1. The summed E-state index contributed by atoms with van der Waals surface area (Å²) in [6.07, 6.45) is -0.594. The van der Waals surface area contributed by atoms with Gasteiger partial charge < -0.3 is 9.47 Å². The summed E-state index contributed by atoms with van der Waals surface area (Å²) in [5.74, 6) is 0.336. The summed E-state index contributed by atoms with van der Waals surface area (Å²) in [7, 11) is 0. The lowest BCUT2D eigenvalue weighted by molar-refractivity contribution is 0.124. The summed E-state index contributed by atoms with van der Waals surface area (Å²) in [5, 5.41) is 5.14. The Morgan fingerprint density at radius 2 is 2.42 bits per heavy atom. The molecule has 0 unspecified atom stereocenters. The third-order valence-corrected chi connectivity index (χ3v) is 3.06. The van der Waals surface area contributed by atoms with Crippen molar-refractivity contribution in [3.63, 3.8) is 0 Å². The topological polar surface area (TPSA) is 51.1 Å². The molecule has 0 saturated heterocycles. The fourth-order valence-corrected chi connectivity index (χ4v) is 2.03. The largest absolute Gasteiger partial charge is 0.469 e. The number of hydrazone groups is 1. The molecule has 1 aliphatic rings. The Balaban J connectivity index is 2.29. The van der Waals surface area contributed by atoms with Crippen LogP contribution in [0.15, 0.2) is 33.8 Å². The van der Waals surface area contributed by atoms with Crippen LogP contribution < -0.4 is 0 Å². The lowest BCUT2D eigenvalue weighted by atomic mass is 10.2. The average molecular weight is 343 g/mol. The number of hydrogen-bond donors (Lipinski definition) is 0. The lowest BCUT2D eigenvalue weighted by Gasteiger charge is -2.23. The van der Waals surface area contributed by atoms with Crippen molar-refractivity contribution < 1.29 is 14.3 Å². The van der Waals surface area contributed by atoms with Crippen molar-refractivity contribution in [2.45, 2.75) is 6.92 Å². The summed E-state index contributed by atoms with van der Waals surface area (Å²) in [6, 6.07) is 7.42. The highest BCUT2D eigenvalue weighted by atomic mass is 79.9. The van der Waals surface area contributed by atoms with E-state index in [0.29, 0.717) is 5.90 Å². The van der Waals surface area contributed by atoms with Crippen LogP contribution in [0.2, 0.25) is 0 Å². The highest BCUT2D eigenvalue weighted by Crippen LogP contribution is 2.16. The Morgan fingerprint density at radius 3 is 3.11 bits per heavy atom. The Hall–Kier alpha value is -1.47. The Labute approximate surface area is 124 Å². The zero-order valence-electron chi connectivity index (χ0n) is 10.1. The molecule has 0 atom stereocenters. The molecule has 1 aliphatic heterocycles. The van der Waals surface area contributed by atoms with Gasteiger partial charge in [-0.25, -0.2) is 4.79 Å². The van der Waals surface area contributed by atoms with Gasteiger partial charge in [0.2, 0.25) is 5.90 Å². The van der Waals surface area contributed by atoms with Gasteiger partial charge >= 0.3 is 6.09 Å². The first-order valence-electron chi connectivity index (χ1n) is 5.59. The second-order valence-electron chi connectivity index (χ2n) is 3.61. The van der Waals surface area contributed by atoms with Crippen molar-refractivity contribution in [2.75, 3.05) is 13.2 Å². The predicted molar refractivity (Wildman–Crippen MR) is 78.1 cm³/mol. The molecule has 100 valence electrons. The fraction of sp³-hybridized carbons (Fsp3) is 0.250. The van der Waals surface area contributed by atoms with Crippen molar-refractivity contribution in [2.24, 2.45) is 5.10 Å². The number of ether oxygens (including phenoxy) is 2. The molecule has 5 nitrogen and oxygen atoms in total. The van der Waals surface area contributed by atoms with E-state index in [2.05, 4.69) is 21.0 Å². The van der Waals surface area contributed by atoms with Crippen LogP contribution in [0.1, 0.15) is 12.5 Å². The van der Waals surface area contributed by atoms with Gasteiger partial charge in [0.25, 0.3) is 0 Å². The van der Waals surface area contributed by atoms with E-state index in [1.807, 2.05) is 24.3 Å². The molecule has 1 amide bonds. The van der Waals surface area contributed by atoms with Gasteiger partial charge in [0.05, 0.1) is 6.61 Å². The van der Waals surface area contributed by atoms with Crippen LogP contribution in [0.3, 0.4) is 0 Å². The lowest BCUT2D eigenvalue weighted by Crippen LogP contribution is -2.40. The maximum Gasteiger partial charge on any atom is 0.435 e. The van der Waals surface area contributed by atoms with Crippen LogP contribution in [0.5, 0.6) is 0 Å². The van der Waals surface area contributed by atoms with E-state index in [4.69, 9.17) is 21.7 Å². The normalized spacial score (nSPS) is 14.7. The number of amides is 1. The van der Waals surface area contributed by atoms with E-state index >= 15 is 0 Å². The molecule has 19 heavy (non-hydrogen) atoms. The second-order valence-corrected chi connectivity index (χ2v) is 5.00. The first-order chi connectivity index (χ1) is 9.11. The van der Waals surface area contributed by atoms with Crippen LogP contribution in [0.4, 0.5) is 4.79 Å². The molecule has 0 N–H and O–H groups in total. The van der Waals surface area contributed by atoms with Crippen LogP contribution in [-0.2, 0) is 9.47 Å². The van der Waals surface area contributed by atoms with E-state index < -0.39 is 6.09 Å². The fourth-order valence-electron chi connectivity index (χ4n) is 1.46. The molecule has 7 heteroatoms. The summed E-state index contributed by atoms with van der Waals surface area (Å²) in [5.41, 5.74) is 0.756. The molecule has 0 spiro atoms. The molecular formula is C12H11BrN2O3S. The van der Waals surface area contributed by atoms with Crippen LogP contribution in [0, 0.1) is 0 Å². The number of nitrogens with zero attached hydrogens (tertiary/aromatic N) is 2. The zero-order chi connectivity index (χ0) is 13.8. The molecular weight excluding hydrogens is 332 g/mol. The quantitative estimate of drug-likeness (QED) is 0.775. The third kappa shape index (κ3) is 3.30. The molecule has 2 rings (SSSR count). The highest BCUT2D eigenvalue weighted by molar-refractivity contribution is 9.10. The standard InChI is InChI=1S/C12H11BrN2O3S/c1-2-17-12(16)15-10(19)7-18-11(14-15)8-4-3-5-9(13)6-8/h3-6H,2,7H2,1H3. The molecule has 0 aromatic heterocycles. The zero-order valence-corrected chi connectivity index (χ0v) is 12.5. The minimum absolute atomic E-state index is 0.124. The second kappa shape index (κ2) is 6.12. The number of carbonyl (C=O) groups is 1. The maximum absolute atomic E-state index is 11.7.